The first-order chi connectivity index (χ1) is 10.9. The molecule has 0 aliphatic rings. The zero-order valence-electron chi connectivity index (χ0n) is 12.7. The van der Waals surface area contributed by atoms with Crippen LogP contribution in [-0.2, 0) is 19.1 Å². The molecule has 1 atom stereocenters. The second-order valence-electron chi connectivity index (χ2n) is 4.47. The quantitative estimate of drug-likeness (QED) is 0.329. The summed E-state index contributed by atoms with van der Waals surface area (Å²) in [7, 11) is 1.12. The fraction of sp³-hybridized carbons (Fsp3) is 0.333. The summed E-state index contributed by atoms with van der Waals surface area (Å²) in [5, 5.41) is 11.0. The maximum atomic E-state index is 12.9. The van der Waals surface area contributed by atoms with Crippen LogP contribution in [0.1, 0.15) is 18.9 Å². The highest BCUT2D eigenvalue weighted by Crippen LogP contribution is 2.16. The number of carbonyl (C=O) groups excluding carboxylic acids is 2. The SMILES string of the molecule is CCOC(=O)C(C/C(=C\c1ccc(F)cc1)C(=O)OC)[N+](=O)[O-]. The average molecular weight is 325 g/mol. The van der Waals surface area contributed by atoms with Crippen molar-refractivity contribution < 1.29 is 28.4 Å². The molecule has 0 radical (unpaired) electrons. The molecule has 0 bridgehead atoms. The van der Waals surface area contributed by atoms with E-state index in [1.807, 2.05) is 0 Å². The number of hydrogen-bond acceptors (Lipinski definition) is 6. The summed E-state index contributed by atoms with van der Waals surface area (Å²) in [5.74, 6) is -2.31. The van der Waals surface area contributed by atoms with Gasteiger partial charge in [-0.15, -0.1) is 0 Å². The Hall–Kier alpha value is -2.77. The highest BCUT2D eigenvalue weighted by Gasteiger charge is 2.34. The van der Waals surface area contributed by atoms with Crippen molar-refractivity contribution in [3.05, 3.63) is 51.3 Å². The molecule has 0 saturated carbocycles. The first kappa shape index (κ1) is 18.3. The normalized spacial score (nSPS) is 12.4. The van der Waals surface area contributed by atoms with E-state index in [1.165, 1.54) is 37.3 Å². The van der Waals surface area contributed by atoms with Gasteiger partial charge in [0.1, 0.15) is 5.82 Å². The van der Waals surface area contributed by atoms with E-state index in [0.29, 0.717) is 5.56 Å². The molecule has 1 aromatic carbocycles. The molecule has 0 saturated heterocycles. The molecule has 8 heteroatoms. The summed E-state index contributed by atoms with van der Waals surface area (Å²) in [6, 6.07) is 3.42. The smallest absolute Gasteiger partial charge is 0.382 e. The zero-order chi connectivity index (χ0) is 17.4. The predicted octanol–water partition coefficient (Wildman–Crippen LogP) is 1.98. The summed E-state index contributed by atoms with van der Waals surface area (Å²) < 4.78 is 22.1. The van der Waals surface area contributed by atoms with Crippen LogP contribution in [0.3, 0.4) is 0 Å². The number of nitro groups is 1. The zero-order valence-corrected chi connectivity index (χ0v) is 12.7. The number of nitrogens with zero attached hydrogens (tertiary/aromatic N) is 1. The van der Waals surface area contributed by atoms with Crippen molar-refractivity contribution in [2.45, 2.75) is 19.4 Å². The fourth-order valence-electron chi connectivity index (χ4n) is 1.78. The third-order valence-corrected chi connectivity index (χ3v) is 2.88. The highest BCUT2D eigenvalue weighted by atomic mass is 19.1. The lowest BCUT2D eigenvalue weighted by molar-refractivity contribution is -0.509. The first-order valence-corrected chi connectivity index (χ1v) is 6.73. The van der Waals surface area contributed by atoms with Crippen LogP contribution in [0.25, 0.3) is 6.08 Å². The molecular formula is C15H16FNO6. The number of rotatable bonds is 7. The van der Waals surface area contributed by atoms with Crippen molar-refractivity contribution in [1.82, 2.24) is 0 Å². The first-order valence-electron chi connectivity index (χ1n) is 6.73. The Kier molecular flexibility index (Phi) is 6.85. The maximum absolute atomic E-state index is 12.9. The van der Waals surface area contributed by atoms with Crippen LogP contribution < -0.4 is 0 Å². The lowest BCUT2D eigenvalue weighted by atomic mass is 10.0. The lowest BCUT2D eigenvalue weighted by Crippen LogP contribution is -2.33. The molecule has 124 valence electrons. The van der Waals surface area contributed by atoms with Crippen LogP contribution in [0, 0.1) is 15.9 Å². The van der Waals surface area contributed by atoms with Gasteiger partial charge >= 0.3 is 18.0 Å². The molecular weight excluding hydrogens is 309 g/mol. The Morgan fingerprint density at radius 1 is 1.35 bits per heavy atom. The van der Waals surface area contributed by atoms with Gasteiger partial charge in [-0.3, -0.25) is 10.1 Å². The summed E-state index contributed by atoms with van der Waals surface area (Å²) in [5.41, 5.74) is 0.353. The number of esters is 2. The van der Waals surface area contributed by atoms with E-state index in [4.69, 9.17) is 0 Å². The molecule has 0 aliphatic heterocycles. The number of halogens is 1. The molecule has 1 aromatic rings. The number of benzene rings is 1. The second-order valence-corrected chi connectivity index (χ2v) is 4.47. The van der Waals surface area contributed by atoms with Gasteiger partial charge in [0.25, 0.3) is 0 Å². The molecule has 0 amide bonds. The van der Waals surface area contributed by atoms with Crippen molar-refractivity contribution in [1.29, 1.82) is 0 Å². The Morgan fingerprint density at radius 2 is 1.96 bits per heavy atom. The third kappa shape index (κ3) is 5.50. The van der Waals surface area contributed by atoms with E-state index in [0.717, 1.165) is 7.11 Å². The van der Waals surface area contributed by atoms with E-state index in [1.54, 1.807) is 0 Å². The average Bonchev–Trinajstić information content (AvgIpc) is 2.52. The van der Waals surface area contributed by atoms with E-state index in [9.17, 15) is 24.1 Å². The minimum atomic E-state index is -1.72. The Bertz CT molecular complexity index is 611. The molecule has 0 N–H and O–H groups in total. The summed E-state index contributed by atoms with van der Waals surface area (Å²) in [6.07, 6.45) is 0.816. The Labute approximate surface area is 131 Å². The third-order valence-electron chi connectivity index (χ3n) is 2.88. The molecule has 23 heavy (non-hydrogen) atoms. The van der Waals surface area contributed by atoms with Gasteiger partial charge in [0.2, 0.25) is 0 Å². The number of methoxy groups -OCH3 is 1. The molecule has 0 aliphatic carbocycles. The minimum absolute atomic E-state index is 0.0155. The lowest BCUT2D eigenvalue weighted by Gasteiger charge is -2.10. The Balaban J connectivity index is 3.10. The van der Waals surface area contributed by atoms with Crippen molar-refractivity contribution >= 4 is 18.0 Å². The van der Waals surface area contributed by atoms with Crippen molar-refractivity contribution in [2.75, 3.05) is 13.7 Å². The van der Waals surface area contributed by atoms with Gasteiger partial charge in [-0.2, -0.15) is 0 Å². The molecule has 0 heterocycles. The highest BCUT2D eigenvalue weighted by molar-refractivity contribution is 5.94. The van der Waals surface area contributed by atoms with E-state index in [2.05, 4.69) is 9.47 Å². The maximum Gasteiger partial charge on any atom is 0.382 e. The predicted molar refractivity (Wildman–Crippen MR) is 78.4 cm³/mol. The van der Waals surface area contributed by atoms with Gasteiger partial charge in [-0.25, -0.2) is 14.0 Å². The van der Waals surface area contributed by atoms with Crippen molar-refractivity contribution in [3.63, 3.8) is 0 Å². The number of ether oxygens (including phenoxy) is 2. The molecule has 1 rings (SSSR count). The fourth-order valence-corrected chi connectivity index (χ4v) is 1.78. The van der Waals surface area contributed by atoms with Crippen LogP contribution in [-0.4, -0.2) is 36.6 Å². The molecule has 7 nitrogen and oxygen atoms in total. The molecule has 0 fully saturated rings. The van der Waals surface area contributed by atoms with Crippen LogP contribution >= 0.6 is 0 Å². The van der Waals surface area contributed by atoms with E-state index in [-0.39, 0.29) is 12.2 Å². The number of carbonyl (C=O) groups is 2. The largest absolute Gasteiger partial charge is 0.466 e. The molecule has 1 unspecified atom stereocenters. The van der Waals surface area contributed by atoms with Crippen molar-refractivity contribution in [2.24, 2.45) is 0 Å². The molecule has 0 spiro atoms. The summed E-state index contributed by atoms with van der Waals surface area (Å²) in [6.45, 7) is 1.50. The van der Waals surface area contributed by atoms with Gasteiger partial charge in [-0.05, 0) is 30.7 Å². The van der Waals surface area contributed by atoms with Gasteiger partial charge in [0, 0.05) is 10.5 Å². The van der Waals surface area contributed by atoms with Crippen LogP contribution in [0.2, 0.25) is 0 Å². The van der Waals surface area contributed by atoms with E-state index >= 15 is 0 Å². The molecule has 0 aromatic heterocycles. The second kappa shape index (κ2) is 8.62. The minimum Gasteiger partial charge on any atom is -0.466 e. The Morgan fingerprint density at radius 3 is 2.43 bits per heavy atom. The number of hydrogen-bond donors (Lipinski definition) is 0. The van der Waals surface area contributed by atoms with Gasteiger partial charge < -0.3 is 9.47 Å². The van der Waals surface area contributed by atoms with Gasteiger partial charge in [-0.1, -0.05) is 12.1 Å². The van der Waals surface area contributed by atoms with Crippen molar-refractivity contribution in [3.8, 4) is 0 Å². The summed E-state index contributed by atoms with van der Waals surface area (Å²) in [4.78, 5) is 33.6. The van der Waals surface area contributed by atoms with Gasteiger partial charge in [0.15, 0.2) is 0 Å². The van der Waals surface area contributed by atoms with Crippen LogP contribution in [0.4, 0.5) is 4.39 Å². The van der Waals surface area contributed by atoms with Gasteiger partial charge in [0.05, 0.1) is 20.1 Å². The monoisotopic (exact) mass is 325 g/mol. The topological polar surface area (TPSA) is 95.7 Å². The summed E-state index contributed by atoms with van der Waals surface area (Å²) >= 11 is 0. The van der Waals surface area contributed by atoms with E-state index < -0.39 is 35.1 Å². The standard InChI is InChI=1S/C15H16FNO6/c1-3-23-15(19)13(17(20)21)9-11(14(18)22-2)8-10-4-6-12(16)7-5-10/h4-8,13H,3,9H2,1-2H3/b11-8+. The van der Waals surface area contributed by atoms with Crippen LogP contribution in [0.5, 0.6) is 0 Å². The van der Waals surface area contributed by atoms with Crippen LogP contribution in [0.15, 0.2) is 29.8 Å².